The molecule has 4 N–H and O–H groups in total. The number of carboxylic acids is 1. The van der Waals surface area contributed by atoms with Crippen LogP contribution in [-0.4, -0.2) is 60.5 Å². The molecule has 9 nitrogen and oxygen atoms in total. The number of fused-ring (bicyclic) bond motifs is 1. The molecule has 0 radical (unpaired) electrons. The Morgan fingerprint density at radius 3 is 2.62 bits per heavy atom. The van der Waals surface area contributed by atoms with Crippen LogP contribution in [0.2, 0.25) is 0 Å². The zero-order valence-corrected chi connectivity index (χ0v) is 19.5. The lowest BCUT2D eigenvalue weighted by molar-refractivity contribution is -0.127. The van der Waals surface area contributed by atoms with Gasteiger partial charge in [-0.15, -0.1) is 0 Å². The van der Waals surface area contributed by atoms with E-state index in [1.54, 1.807) is 19.1 Å². The number of aromatic nitrogens is 1. The van der Waals surface area contributed by atoms with Crippen LogP contribution in [0.15, 0.2) is 18.2 Å². The molecule has 0 atom stereocenters. The number of nitrogens with two attached hydrogens (primary N) is 1. The van der Waals surface area contributed by atoms with Crippen molar-refractivity contribution in [3.63, 3.8) is 0 Å². The van der Waals surface area contributed by atoms with Gasteiger partial charge in [0.15, 0.2) is 0 Å². The van der Waals surface area contributed by atoms with Crippen molar-refractivity contribution in [2.45, 2.75) is 57.6 Å². The lowest BCUT2D eigenvalue weighted by atomic mass is 9.93. The number of ether oxygens (including phenoxy) is 3. The fraction of sp³-hybridized carbons (Fsp3) is 0.560. The summed E-state index contributed by atoms with van der Waals surface area (Å²) in [5, 5.41) is 13.1. The summed E-state index contributed by atoms with van der Waals surface area (Å²) >= 11 is 0. The van der Waals surface area contributed by atoms with Crippen LogP contribution in [0.4, 0.5) is 5.69 Å². The molecule has 34 heavy (non-hydrogen) atoms. The molecular weight excluding hydrogens is 438 g/mol. The number of hydrogen-bond donors (Lipinski definition) is 3. The second-order valence-electron chi connectivity index (χ2n) is 9.17. The van der Waals surface area contributed by atoms with Crippen LogP contribution in [0.1, 0.15) is 54.6 Å². The number of carbonyl (C=O) groups is 2. The third-order valence-electron chi connectivity index (χ3n) is 6.67. The molecule has 2 aromatic rings. The number of carboxylic acid groups (broad SMARTS) is 1. The monoisotopic (exact) mass is 471 g/mol. The molecule has 2 heterocycles. The Hall–Kier alpha value is -2.91. The second-order valence-corrected chi connectivity index (χ2v) is 9.17. The van der Waals surface area contributed by atoms with Gasteiger partial charge in [0.2, 0.25) is 5.91 Å². The minimum Gasteiger partial charge on any atom is -0.490 e. The first kappa shape index (κ1) is 24.2. The number of nitrogen functional groups attached to an aromatic ring is 1. The molecule has 0 bridgehead atoms. The summed E-state index contributed by atoms with van der Waals surface area (Å²) in [4.78, 5) is 28.3. The van der Waals surface area contributed by atoms with Crippen LogP contribution >= 0.6 is 0 Å². The Balaban J connectivity index is 1.29. The molecule has 0 spiro atoms. The number of aromatic carboxylic acids is 1. The summed E-state index contributed by atoms with van der Waals surface area (Å²) in [5.41, 5.74) is 7.39. The first-order valence-corrected chi connectivity index (χ1v) is 12.0. The van der Waals surface area contributed by atoms with E-state index in [2.05, 4.69) is 10.3 Å². The predicted octanol–water partition coefficient (Wildman–Crippen LogP) is 3.07. The topological polar surface area (TPSA) is 133 Å². The van der Waals surface area contributed by atoms with Gasteiger partial charge in [-0.25, -0.2) is 4.79 Å². The summed E-state index contributed by atoms with van der Waals surface area (Å²) < 4.78 is 17.2. The minimum absolute atomic E-state index is 0.00834. The smallest absolute Gasteiger partial charge is 0.339 e. The Morgan fingerprint density at radius 1 is 1.18 bits per heavy atom. The Bertz CT molecular complexity index is 1030. The molecular formula is C25H33N3O6. The molecule has 1 amide bonds. The van der Waals surface area contributed by atoms with Crippen molar-refractivity contribution in [1.29, 1.82) is 0 Å². The van der Waals surface area contributed by atoms with Crippen LogP contribution in [0.25, 0.3) is 10.9 Å². The predicted molar refractivity (Wildman–Crippen MR) is 127 cm³/mol. The van der Waals surface area contributed by atoms with Crippen LogP contribution < -0.4 is 15.8 Å². The number of anilines is 1. The van der Waals surface area contributed by atoms with E-state index in [-0.39, 0.29) is 35.9 Å². The van der Waals surface area contributed by atoms with E-state index in [1.807, 2.05) is 6.07 Å². The maximum absolute atomic E-state index is 12.3. The summed E-state index contributed by atoms with van der Waals surface area (Å²) in [6.45, 7) is 3.87. The molecule has 0 unspecified atom stereocenters. The van der Waals surface area contributed by atoms with Gasteiger partial charge in [-0.1, -0.05) is 6.07 Å². The molecule has 184 valence electrons. The van der Waals surface area contributed by atoms with E-state index in [0.717, 1.165) is 51.7 Å². The normalized spacial score (nSPS) is 21.3. The van der Waals surface area contributed by atoms with Crippen LogP contribution in [-0.2, 0) is 14.3 Å². The molecule has 1 aromatic heterocycles. The van der Waals surface area contributed by atoms with Gasteiger partial charge in [-0.05, 0) is 63.5 Å². The molecule has 9 heteroatoms. The molecule has 2 aliphatic rings. The number of aryl methyl sites for hydroxylation is 1. The number of pyridine rings is 1. The summed E-state index contributed by atoms with van der Waals surface area (Å²) in [5.74, 6) is -0.171. The lowest BCUT2D eigenvalue weighted by Gasteiger charge is -2.30. The zero-order valence-electron chi connectivity index (χ0n) is 19.5. The Morgan fingerprint density at radius 2 is 1.91 bits per heavy atom. The van der Waals surface area contributed by atoms with Crippen molar-refractivity contribution in [3.05, 3.63) is 29.5 Å². The van der Waals surface area contributed by atoms with Gasteiger partial charge in [-0.3, -0.25) is 9.78 Å². The molecule has 2 fully saturated rings. The van der Waals surface area contributed by atoms with Gasteiger partial charge >= 0.3 is 5.97 Å². The van der Waals surface area contributed by atoms with E-state index < -0.39 is 5.97 Å². The first-order valence-electron chi connectivity index (χ1n) is 12.0. The van der Waals surface area contributed by atoms with Crippen LogP contribution in [0, 0.1) is 12.8 Å². The van der Waals surface area contributed by atoms with Gasteiger partial charge in [0.25, 0.3) is 0 Å². The molecule has 1 aliphatic heterocycles. The number of amides is 1. The number of carbonyl (C=O) groups excluding carboxylic acids is 1. The molecule has 1 aromatic carbocycles. The van der Waals surface area contributed by atoms with Gasteiger partial charge in [0, 0.05) is 19.3 Å². The number of benzene rings is 1. The average molecular weight is 472 g/mol. The molecule has 1 saturated carbocycles. The van der Waals surface area contributed by atoms with Crippen molar-refractivity contribution in [2.75, 3.05) is 32.2 Å². The minimum atomic E-state index is -1.10. The van der Waals surface area contributed by atoms with Crippen LogP contribution in [0.5, 0.6) is 5.75 Å². The SMILES string of the molecule is Cc1nc2cccc(OC3CCC(NC(=O)COCC4CCOCC4)CC3)c2c(N)c1C(=O)O. The standard InChI is InChI=1S/C25H33N3O6/c1-15-22(25(30)31)24(26)23-19(27-15)3-2-4-20(23)34-18-7-5-17(6-8-18)28-21(29)14-33-13-16-9-11-32-12-10-16/h2-4,16-18H,5-14H2,1H3,(H2,26,27)(H,28,29)(H,30,31). The highest BCUT2D eigenvalue weighted by molar-refractivity contribution is 6.06. The van der Waals surface area contributed by atoms with Crippen molar-refractivity contribution in [1.82, 2.24) is 10.3 Å². The average Bonchev–Trinajstić information content (AvgIpc) is 2.80. The molecule has 1 aliphatic carbocycles. The quantitative estimate of drug-likeness (QED) is 0.535. The largest absolute Gasteiger partial charge is 0.490 e. The van der Waals surface area contributed by atoms with Crippen molar-refractivity contribution < 1.29 is 28.9 Å². The van der Waals surface area contributed by atoms with Gasteiger partial charge in [0.1, 0.15) is 17.9 Å². The van der Waals surface area contributed by atoms with E-state index in [9.17, 15) is 14.7 Å². The summed E-state index contributed by atoms with van der Waals surface area (Å²) in [6.07, 6.45) is 5.08. The highest BCUT2D eigenvalue weighted by atomic mass is 16.5. The fourth-order valence-electron chi connectivity index (χ4n) is 4.81. The number of nitrogens with one attached hydrogen (secondary N) is 1. The summed E-state index contributed by atoms with van der Waals surface area (Å²) in [7, 11) is 0. The molecule has 4 rings (SSSR count). The van der Waals surface area contributed by atoms with Crippen molar-refractivity contribution in [2.24, 2.45) is 5.92 Å². The van der Waals surface area contributed by atoms with Crippen molar-refractivity contribution in [3.8, 4) is 5.75 Å². The van der Waals surface area contributed by atoms with Crippen LogP contribution in [0.3, 0.4) is 0 Å². The number of nitrogens with zero attached hydrogens (tertiary/aromatic N) is 1. The second kappa shape index (κ2) is 11.0. The van der Waals surface area contributed by atoms with Gasteiger partial charge in [0.05, 0.1) is 35.0 Å². The van der Waals surface area contributed by atoms with Crippen molar-refractivity contribution >= 4 is 28.5 Å². The first-order chi connectivity index (χ1) is 16.4. The maximum Gasteiger partial charge on any atom is 0.339 e. The Labute approximate surface area is 199 Å². The highest BCUT2D eigenvalue weighted by Gasteiger charge is 2.26. The fourth-order valence-corrected chi connectivity index (χ4v) is 4.81. The van der Waals surface area contributed by atoms with Gasteiger partial charge < -0.3 is 30.4 Å². The van der Waals surface area contributed by atoms with E-state index in [4.69, 9.17) is 19.9 Å². The number of rotatable bonds is 8. The van der Waals surface area contributed by atoms with E-state index in [1.165, 1.54) is 0 Å². The zero-order chi connectivity index (χ0) is 24.1. The lowest BCUT2D eigenvalue weighted by Crippen LogP contribution is -2.41. The number of hydrogen-bond acceptors (Lipinski definition) is 7. The Kier molecular flexibility index (Phi) is 7.84. The van der Waals surface area contributed by atoms with Gasteiger partial charge in [-0.2, -0.15) is 0 Å². The van der Waals surface area contributed by atoms with E-state index in [0.29, 0.717) is 34.9 Å². The third-order valence-corrected chi connectivity index (χ3v) is 6.67. The third kappa shape index (κ3) is 5.77. The van der Waals surface area contributed by atoms with E-state index >= 15 is 0 Å². The highest BCUT2D eigenvalue weighted by Crippen LogP contribution is 2.35. The molecule has 1 saturated heterocycles. The summed E-state index contributed by atoms with van der Waals surface area (Å²) in [6, 6.07) is 5.52. The maximum atomic E-state index is 12.3.